The molecule has 0 saturated carbocycles. The van der Waals surface area contributed by atoms with Gasteiger partial charge in [0.2, 0.25) is 6.29 Å². The molecule has 0 radical (unpaired) electrons. The fraction of sp³-hybridized carbons (Fsp3) is 0.308. The summed E-state index contributed by atoms with van der Waals surface area (Å²) in [6.07, 6.45) is -0.565. The van der Waals surface area contributed by atoms with Gasteiger partial charge in [-0.3, -0.25) is 0 Å². The Labute approximate surface area is 95.7 Å². The molecule has 0 heterocycles. The van der Waals surface area contributed by atoms with Crippen molar-refractivity contribution < 1.29 is 14.3 Å². The summed E-state index contributed by atoms with van der Waals surface area (Å²) in [5, 5.41) is 0. The maximum absolute atomic E-state index is 11.6. The van der Waals surface area contributed by atoms with Crippen LogP contribution in [0.15, 0.2) is 42.5 Å². The molecule has 3 nitrogen and oxygen atoms in total. The van der Waals surface area contributed by atoms with Crippen molar-refractivity contribution >= 4 is 5.97 Å². The van der Waals surface area contributed by atoms with Crippen LogP contribution in [0, 0.1) is 0 Å². The molecule has 86 valence electrons. The first-order valence-electron chi connectivity index (χ1n) is 5.11. The normalized spacial score (nSPS) is 11.9. The first kappa shape index (κ1) is 12.5. The quantitative estimate of drug-likeness (QED) is 0.435. The van der Waals surface area contributed by atoms with Crippen molar-refractivity contribution in [3.05, 3.63) is 48.0 Å². The first-order valence-corrected chi connectivity index (χ1v) is 5.11. The molecule has 16 heavy (non-hydrogen) atoms. The Balaban J connectivity index is 2.43. The molecule has 3 heteroatoms. The second kappa shape index (κ2) is 6.08. The second-order valence-electron chi connectivity index (χ2n) is 3.61. The summed E-state index contributed by atoms with van der Waals surface area (Å²) < 4.78 is 10.3. The molecule has 0 N–H and O–H groups in total. The number of esters is 1. The Morgan fingerprint density at radius 3 is 2.56 bits per heavy atom. The Morgan fingerprint density at radius 1 is 1.38 bits per heavy atom. The van der Waals surface area contributed by atoms with Crippen LogP contribution in [0.4, 0.5) is 0 Å². The zero-order chi connectivity index (χ0) is 12.0. The third kappa shape index (κ3) is 4.28. The van der Waals surface area contributed by atoms with Gasteiger partial charge in [0.05, 0.1) is 12.2 Å². The second-order valence-corrected chi connectivity index (χ2v) is 3.61. The van der Waals surface area contributed by atoms with Crippen LogP contribution in [0.3, 0.4) is 0 Å². The van der Waals surface area contributed by atoms with Crippen LogP contribution in [0.1, 0.15) is 24.2 Å². The van der Waals surface area contributed by atoms with E-state index in [1.165, 1.54) is 0 Å². The number of ether oxygens (including phenoxy) is 2. The van der Waals surface area contributed by atoms with E-state index in [-0.39, 0.29) is 5.97 Å². The minimum atomic E-state index is -0.565. The van der Waals surface area contributed by atoms with Crippen LogP contribution in [-0.4, -0.2) is 18.9 Å². The van der Waals surface area contributed by atoms with Crippen molar-refractivity contribution in [2.24, 2.45) is 0 Å². The Bertz CT molecular complexity index is 357. The highest BCUT2D eigenvalue weighted by molar-refractivity contribution is 5.89. The average molecular weight is 220 g/mol. The van der Waals surface area contributed by atoms with Crippen LogP contribution >= 0.6 is 0 Å². The molecule has 0 aliphatic rings. The molecule has 0 aliphatic carbocycles. The van der Waals surface area contributed by atoms with Crippen molar-refractivity contribution in [2.45, 2.75) is 20.1 Å². The van der Waals surface area contributed by atoms with E-state index in [9.17, 15) is 4.79 Å². The monoisotopic (exact) mass is 220 g/mol. The van der Waals surface area contributed by atoms with E-state index in [0.29, 0.717) is 12.2 Å². The predicted molar refractivity (Wildman–Crippen MR) is 62.1 cm³/mol. The van der Waals surface area contributed by atoms with Crippen LogP contribution in [0.25, 0.3) is 0 Å². The maximum Gasteiger partial charge on any atom is 0.340 e. The largest absolute Gasteiger partial charge is 0.432 e. The Morgan fingerprint density at radius 2 is 2.00 bits per heavy atom. The molecule has 0 aliphatic heterocycles. The van der Waals surface area contributed by atoms with Gasteiger partial charge in [0.25, 0.3) is 0 Å². The summed E-state index contributed by atoms with van der Waals surface area (Å²) >= 11 is 0. The predicted octanol–water partition coefficient (Wildman–Crippen LogP) is 2.78. The lowest BCUT2D eigenvalue weighted by molar-refractivity contribution is -0.0910. The van der Waals surface area contributed by atoms with Gasteiger partial charge in [0, 0.05) is 0 Å². The van der Waals surface area contributed by atoms with Gasteiger partial charge in [-0.25, -0.2) is 4.79 Å². The number of hydrogen-bond acceptors (Lipinski definition) is 3. The summed E-state index contributed by atoms with van der Waals surface area (Å²) in [4.78, 5) is 11.6. The Hall–Kier alpha value is -1.61. The summed E-state index contributed by atoms with van der Waals surface area (Å²) in [6, 6.07) is 8.82. The molecule has 0 fully saturated rings. The maximum atomic E-state index is 11.6. The molecule has 1 atom stereocenters. The van der Waals surface area contributed by atoms with E-state index in [1.807, 2.05) is 13.0 Å². The highest BCUT2D eigenvalue weighted by atomic mass is 16.7. The summed E-state index contributed by atoms with van der Waals surface area (Å²) in [6.45, 7) is 7.63. The van der Waals surface area contributed by atoms with Crippen molar-refractivity contribution in [3.8, 4) is 0 Å². The van der Waals surface area contributed by atoms with E-state index in [1.54, 1.807) is 31.2 Å². The minimum absolute atomic E-state index is 0.380. The van der Waals surface area contributed by atoms with Gasteiger partial charge in [0.15, 0.2) is 0 Å². The SMILES string of the molecule is C=C(C)COC(C)OC(=O)c1ccccc1. The standard InChI is InChI=1S/C13H16O3/c1-10(2)9-15-11(3)16-13(14)12-7-5-4-6-8-12/h4-8,11H,1,9H2,2-3H3. The van der Waals surface area contributed by atoms with Gasteiger partial charge in [0.1, 0.15) is 0 Å². The first-order chi connectivity index (χ1) is 7.59. The molecular formula is C13H16O3. The van der Waals surface area contributed by atoms with Gasteiger partial charge in [-0.1, -0.05) is 30.4 Å². The molecule has 0 spiro atoms. The van der Waals surface area contributed by atoms with E-state index < -0.39 is 6.29 Å². The molecular weight excluding hydrogens is 204 g/mol. The van der Waals surface area contributed by atoms with Crippen molar-refractivity contribution in [2.75, 3.05) is 6.61 Å². The number of carbonyl (C=O) groups excluding carboxylic acids is 1. The van der Waals surface area contributed by atoms with Gasteiger partial charge in [-0.15, -0.1) is 0 Å². The third-order valence-corrected chi connectivity index (χ3v) is 1.85. The van der Waals surface area contributed by atoms with Crippen LogP contribution in [0.2, 0.25) is 0 Å². The smallest absolute Gasteiger partial charge is 0.340 e. The molecule has 0 aromatic heterocycles. The van der Waals surface area contributed by atoms with Crippen molar-refractivity contribution in [1.82, 2.24) is 0 Å². The number of rotatable bonds is 5. The summed E-state index contributed by atoms with van der Waals surface area (Å²) in [5.41, 5.74) is 1.41. The average Bonchev–Trinajstić information content (AvgIpc) is 2.27. The number of benzene rings is 1. The van der Waals surface area contributed by atoms with Crippen molar-refractivity contribution in [3.63, 3.8) is 0 Å². The Kier molecular flexibility index (Phi) is 4.73. The molecule has 1 rings (SSSR count). The third-order valence-electron chi connectivity index (χ3n) is 1.85. The van der Waals surface area contributed by atoms with Crippen LogP contribution in [-0.2, 0) is 9.47 Å². The lowest BCUT2D eigenvalue weighted by Gasteiger charge is -2.13. The lowest BCUT2D eigenvalue weighted by Crippen LogP contribution is -2.18. The van der Waals surface area contributed by atoms with Gasteiger partial charge in [-0.05, 0) is 26.0 Å². The topological polar surface area (TPSA) is 35.5 Å². The highest BCUT2D eigenvalue weighted by Crippen LogP contribution is 2.05. The minimum Gasteiger partial charge on any atom is -0.432 e. The van der Waals surface area contributed by atoms with E-state index >= 15 is 0 Å². The van der Waals surface area contributed by atoms with Crippen molar-refractivity contribution in [1.29, 1.82) is 0 Å². The molecule has 1 unspecified atom stereocenters. The van der Waals surface area contributed by atoms with Gasteiger partial charge >= 0.3 is 5.97 Å². The molecule has 0 saturated heterocycles. The fourth-order valence-electron chi connectivity index (χ4n) is 1.09. The number of hydrogen-bond donors (Lipinski definition) is 0. The molecule has 0 amide bonds. The molecule has 1 aromatic carbocycles. The fourth-order valence-corrected chi connectivity index (χ4v) is 1.09. The van der Waals surface area contributed by atoms with Crippen LogP contribution in [0.5, 0.6) is 0 Å². The number of carbonyl (C=O) groups is 1. The van der Waals surface area contributed by atoms with E-state index in [0.717, 1.165) is 5.57 Å². The zero-order valence-corrected chi connectivity index (χ0v) is 9.60. The molecule has 1 aromatic rings. The van der Waals surface area contributed by atoms with Crippen LogP contribution < -0.4 is 0 Å². The van der Waals surface area contributed by atoms with E-state index in [2.05, 4.69) is 6.58 Å². The summed E-state index contributed by atoms with van der Waals surface area (Å²) in [7, 11) is 0. The lowest BCUT2D eigenvalue weighted by atomic mass is 10.2. The van der Waals surface area contributed by atoms with E-state index in [4.69, 9.17) is 9.47 Å². The molecule has 0 bridgehead atoms. The summed E-state index contributed by atoms with van der Waals surface area (Å²) in [5.74, 6) is -0.380. The zero-order valence-electron chi connectivity index (χ0n) is 9.60. The van der Waals surface area contributed by atoms with Gasteiger partial charge in [-0.2, -0.15) is 0 Å². The van der Waals surface area contributed by atoms with Gasteiger partial charge < -0.3 is 9.47 Å². The highest BCUT2D eigenvalue weighted by Gasteiger charge is 2.11.